The molecule has 1 unspecified atom stereocenters. The van der Waals surface area contributed by atoms with Crippen molar-refractivity contribution in [1.82, 2.24) is 4.90 Å². The molecule has 1 fully saturated rings. The van der Waals surface area contributed by atoms with Crippen LogP contribution in [0.1, 0.15) is 25.8 Å². The molecule has 0 aliphatic carbocycles. The van der Waals surface area contributed by atoms with E-state index < -0.39 is 11.9 Å². The highest BCUT2D eigenvalue weighted by molar-refractivity contribution is 6.07. The summed E-state index contributed by atoms with van der Waals surface area (Å²) in [6.07, 6.45) is 0.0738. The quantitative estimate of drug-likeness (QED) is 0.850. The van der Waals surface area contributed by atoms with Crippen LogP contribution >= 0.6 is 0 Å². The van der Waals surface area contributed by atoms with Gasteiger partial charge in [0.1, 0.15) is 11.9 Å². The Morgan fingerprint density at radius 2 is 2.05 bits per heavy atom. The third-order valence-electron chi connectivity index (χ3n) is 3.15. The Morgan fingerprint density at radius 1 is 1.37 bits per heavy atom. The normalized spacial score (nSPS) is 19.4. The highest BCUT2D eigenvalue weighted by atomic mass is 19.1. The number of hydrogen-bond donors (Lipinski definition) is 1. The van der Waals surface area contributed by atoms with Gasteiger partial charge in [-0.25, -0.2) is 4.39 Å². The van der Waals surface area contributed by atoms with Crippen LogP contribution < -0.4 is 5.32 Å². The number of hydrogen-bond acceptors (Lipinski definition) is 3. The van der Waals surface area contributed by atoms with Gasteiger partial charge >= 0.3 is 0 Å². The maximum Gasteiger partial charge on any atom is 0.252 e. The van der Waals surface area contributed by atoms with E-state index in [1.165, 1.54) is 11.0 Å². The lowest BCUT2D eigenvalue weighted by Crippen LogP contribution is -2.39. The summed E-state index contributed by atoms with van der Waals surface area (Å²) in [5, 5.41) is 2.83. The highest BCUT2D eigenvalue weighted by Gasteiger charge is 2.40. The number of halogens is 1. The van der Waals surface area contributed by atoms with E-state index in [-0.39, 0.29) is 30.0 Å². The van der Waals surface area contributed by atoms with Gasteiger partial charge in [0.15, 0.2) is 0 Å². The van der Waals surface area contributed by atoms with Gasteiger partial charge in [-0.3, -0.25) is 14.5 Å². The number of imide groups is 1. The van der Waals surface area contributed by atoms with E-state index in [1.807, 2.05) is 6.92 Å². The molecule has 19 heavy (non-hydrogen) atoms. The molecule has 1 aliphatic rings. The molecule has 4 nitrogen and oxygen atoms in total. The minimum absolute atomic E-state index is 0.0738. The molecule has 1 saturated heterocycles. The molecule has 0 radical (unpaired) electrons. The molecule has 1 aromatic rings. The first-order valence-corrected chi connectivity index (χ1v) is 6.28. The van der Waals surface area contributed by atoms with Gasteiger partial charge in [0.25, 0.3) is 5.91 Å². The molecular formula is C14H17FN2O2. The molecule has 1 aromatic carbocycles. The summed E-state index contributed by atoms with van der Waals surface area (Å²) in [5.74, 6) is -0.930. The SMILES string of the molecule is Cc1ccc(F)c(NC2CC(=O)N(C(C)C)C2=O)c1. The van der Waals surface area contributed by atoms with E-state index in [4.69, 9.17) is 0 Å². The van der Waals surface area contributed by atoms with E-state index in [9.17, 15) is 14.0 Å². The van der Waals surface area contributed by atoms with Crippen molar-refractivity contribution in [3.63, 3.8) is 0 Å². The monoisotopic (exact) mass is 264 g/mol. The van der Waals surface area contributed by atoms with Crippen LogP contribution in [0, 0.1) is 12.7 Å². The smallest absolute Gasteiger partial charge is 0.252 e. The van der Waals surface area contributed by atoms with Crippen LogP contribution in [0.3, 0.4) is 0 Å². The first-order valence-electron chi connectivity index (χ1n) is 6.28. The van der Waals surface area contributed by atoms with Crippen molar-refractivity contribution in [1.29, 1.82) is 0 Å². The fourth-order valence-electron chi connectivity index (χ4n) is 2.24. The first-order chi connectivity index (χ1) is 8.90. The van der Waals surface area contributed by atoms with Crippen LogP contribution in [0.25, 0.3) is 0 Å². The van der Waals surface area contributed by atoms with Gasteiger partial charge in [-0.15, -0.1) is 0 Å². The molecule has 1 N–H and O–H groups in total. The van der Waals surface area contributed by atoms with E-state index >= 15 is 0 Å². The van der Waals surface area contributed by atoms with Crippen LogP contribution in [0.4, 0.5) is 10.1 Å². The number of nitrogens with zero attached hydrogens (tertiary/aromatic N) is 1. The summed E-state index contributed by atoms with van der Waals surface area (Å²) in [7, 11) is 0. The predicted molar refractivity (Wildman–Crippen MR) is 70.2 cm³/mol. The second kappa shape index (κ2) is 4.99. The topological polar surface area (TPSA) is 49.4 Å². The summed E-state index contributed by atoms with van der Waals surface area (Å²) in [5.41, 5.74) is 1.15. The molecule has 0 bridgehead atoms. The van der Waals surface area contributed by atoms with Crippen molar-refractivity contribution in [2.45, 2.75) is 39.3 Å². The van der Waals surface area contributed by atoms with Crippen LogP contribution in [0.2, 0.25) is 0 Å². The van der Waals surface area contributed by atoms with Crippen molar-refractivity contribution in [3.05, 3.63) is 29.6 Å². The zero-order valence-corrected chi connectivity index (χ0v) is 11.2. The van der Waals surface area contributed by atoms with Crippen molar-refractivity contribution in [2.24, 2.45) is 0 Å². The number of benzene rings is 1. The molecule has 102 valence electrons. The number of anilines is 1. The third kappa shape index (κ3) is 2.59. The molecule has 2 amide bonds. The molecule has 5 heteroatoms. The Hall–Kier alpha value is -1.91. The van der Waals surface area contributed by atoms with Crippen molar-refractivity contribution in [2.75, 3.05) is 5.32 Å². The van der Waals surface area contributed by atoms with E-state index in [0.717, 1.165) is 5.56 Å². The summed E-state index contributed by atoms with van der Waals surface area (Å²) in [6, 6.07) is 3.78. The first kappa shape index (κ1) is 13.5. The number of aryl methyl sites for hydroxylation is 1. The fraction of sp³-hybridized carbons (Fsp3) is 0.429. The third-order valence-corrected chi connectivity index (χ3v) is 3.15. The minimum atomic E-state index is -0.675. The largest absolute Gasteiger partial charge is 0.371 e. The molecule has 1 atom stereocenters. The molecule has 1 heterocycles. The highest BCUT2D eigenvalue weighted by Crippen LogP contribution is 2.22. The Labute approximate surface area is 111 Å². The zero-order chi connectivity index (χ0) is 14.2. The van der Waals surface area contributed by atoms with Crippen molar-refractivity contribution in [3.8, 4) is 0 Å². The van der Waals surface area contributed by atoms with E-state index in [1.54, 1.807) is 26.0 Å². The van der Waals surface area contributed by atoms with E-state index in [2.05, 4.69) is 5.32 Å². The van der Waals surface area contributed by atoms with Crippen molar-refractivity contribution >= 4 is 17.5 Å². The van der Waals surface area contributed by atoms with Crippen LogP contribution in [0.5, 0.6) is 0 Å². The number of amides is 2. The number of carbonyl (C=O) groups is 2. The number of rotatable bonds is 3. The lowest BCUT2D eigenvalue weighted by molar-refractivity contribution is -0.140. The lowest BCUT2D eigenvalue weighted by Gasteiger charge is -2.19. The second-order valence-electron chi connectivity index (χ2n) is 5.08. The summed E-state index contributed by atoms with van der Waals surface area (Å²) in [6.45, 7) is 5.41. The summed E-state index contributed by atoms with van der Waals surface area (Å²) >= 11 is 0. The van der Waals surface area contributed by atoms with Crippen molar-refractivity contribution < 1.29 is 14.0 Å². The summed E-state index contributed by atoms with van der Waals surface area (Å²) < 4.78 is 13.6. The number of nitrogens with one attached hydrogen (secondary N) is 1. The van der Waals surface area contributed by atoms with Gasteiger partial charge in [-0.1, -0.05) is 6.07 Å². The maximum absolute atomic E-state index is 13.6. The number of likely N-dealkylation sites (tertiary alicyclic amines) is 1. The van der Waals surface area contributed by atoms with Gasteiger partial charge in [-0.2, -0.15) is 0 Å². The van der Waals surface area contributed by atoms with Gasteiger partial charge in [0.2, 0.25) is 5.91 Å². The van der Waals surface area contributed by atoms with Crippen LogP contribution in [-0.2, 0) is 9.59 Å². The molecule has 0 aromatic heterocycles. The Kier molecular flexibility index (Phi) is 3.55. The standard InChI is InChI=1S/C14H17FN2O2/c1-8(2)17-13(18)7-12(14(17)19)16-11-6-9(3)4-5-10(11)15/h4-6,8,12,16H,7H2,1-3H3. The zero-order valence-electron chi connectivity index (χ0n) is 11.2. The molecule has 1 aliphatic heterocycles. The van der Waals surface area contributed by atoms with E-state index in [0.29, 0.717) is 0 Å². The van der Waals surface area contributed by atoms with Crippen LogP contribution in [-0.4, -0.2) is 28.8 Å². The van der Waals surface area contributed by atoms with Crippen LogP contribution in [0.15, 0.2) is 18.2 Å². The molecular weight excluding hydrogens is 247 g/mol. The second-order valence-corrected chi connectivity index (χ2v) is 5.08. The van der Waals surface area contributed by atoms with Gasteiger partial charge < -0.3 is 5.32 Å². The molecule has 0 saturated carbocycles. The Balaban J connectivity index is 2.19. The van der Waals surface area contributed by atoms with Gasteiger partial charge in [-0.05, 0) is 38.5 Å². The predicted octanol–water partition coefficient (Wildman–Crippen LogP) is 2.08. The lowest BCUT2D eigenvalue weighted by atomic mass is 10.2. The maximum atomic E-state index is 13.6. The number of carbonyl (C=O) groups excluding carboxylic acids is 2. The molecule has 2 rings (SSSR count). The average Bonchev–Trinajstić information content (AvgIpc) is 2.59. The summed E-state index contributed by atoms with van der Waals surface area (Å²) in [4.78, 5) is 25.1. The average molecular weight is 264 g/mol. The van der Waals surface area contributed by atoms with Gasteiger partial charge in [0.05, 0.1) is 12.1 Å². The Bertz CT molecular complexity index is 528. The fourth-order valence-corrected chi connectivity index (χ4v) is 2.24. The van der Waals surface area contributed by atoms with Gasteiger partial charge in [0, 0.05) is 6.04 Å². The minimum Gasteiger partial charge on any atom is -0.371 e. The molecule has 0 spiro atoms. The Morgan fingerprint density at radius 3 is 2.63 bits per heavy atom.